The molecule has 2 amide bonds. The molecule has 2 heterocycles. The summed E-state index contributed by atoms with van der Waals surface area (Å²) in [5.74, 6) is 1.10. The fraction of sp³-hybridized carbons (Fsp3) is 0.417. The summed E-state index contributed by atoms with van der Waals surface area (Å²) in [4.78, 5) is 29.8. The molecule has 0 N–H and O–H groups in total. The lowest BCUT2D eigenvalue weighted by atomic mass is 9.89. The largest absolute Gasteiger partial charge is 0.332 e. The number of hydrogen-bond donors (Lipinski definition) is 0. The molecular formula is C24H26N2O2. The van der Waals surface area contributed by atoms with Crippen LogP contribution in [-0.2, 0) is 16.0 Å². The Bertz CT molecular complexity index is 890. The van der Waals surface area contributed by atoms with E-state index in [0.717, 1.165) is 13.0 Å². The van der Waals surface area contributed by atoms with Crippen LogP contribution in [0, 0.1) is 5.92 Å². The van der Waals surface area contributed by atoms with Gasteiger partial charge in [0, 0.05) is 19.5 Å². The predicted octanol–water partition coefficient (Wildman–Crippen LogP) is 3.54. The van der Waals surface area contributed by atoms with E-state index in [1.807, 2.05) is 21.9 Å². The first-order valence-electron chi connectivity index (χ1n) is 10.4. The highest BCUT2D eigenvalue weighted by molar-refractivity contribution is 5.87. The molecule has 0 radical (unpaired) electrons. The lowest BCUT2D eigenvalue weighted by Gasteiger charge is -2.44. The molecule has 2 atom stereocenters. The molecule has 0 spiro atoms. The number of benzene rings is 2. The summed E-state index contributed by atoms with van der Waals surface area (Å²) in [6, 6.07) is 18.8. The van der Waals surface area contributed by atoms with Crippen LogP contribution in [-0.4, -0.2) is 41.2 Å². The molecule has 2 aromatic carbocycles. The number of rotatable bonds is 4. The first-order valence-corrected chi connectivity index (χ1v) is 10.4. The van der Waals surface area contributed by atoms with Crippen molar-refractivity contribution in [3.63, 3.8) is 0 Å². The molecule has 4 nitrogen and oxygen atoms in total. The normalized spacial score (nSPS) is 22.4. The number of piperazine rings is 1. The number of hydrogen-bond acceptors (Lipinski definition) is 2. The number of carbonyl (C=O) groups excluding carboxylic acids is 2. The standard InChI is InChI=1S/C24H26N2O2/c27-23(14-21(19-10-11-19)17-6-2-1-3-7-17)25-15-22-20-9-5-4-8-18(20)12-13-26(22)24(28)16-25/h1-9,19,21-22H,10-16H2. The molecule has 1 aliphatic carbocycles. The summed E-state index contributed by atoms with van der Waals surface area (Å²) < 4.78 is 0. The molecule has 28 heavy (non-hydrogen) atoms. The third-order valence-electron chi connectivity index (χ3n) is 6.62. The Morgan fingerprint density at radius 3 is 2.57 bits per heavy atom. The number of fused-ring (bicyclic) bond motifs is 3. The molecule has 0 aromatic heterocycles. The second-order valence-electron chi connectivity index (χ2n) is 8.38. The van der Waals surface area contributed by atoms with Crippen molar-refractivity contribution in [2.75, 3.05) is 19.6 Å². The second-order valence-corrected chi connectivity index (χ2v) is 8.38. The first kappa shape index (κ1) is 17.5. The Labute approximate surface area is 166 Å². The zero-order chi connectivity index (χ0) is 19.1. The van der Waals surface area contributed by atoms with Crippen molar-refractivity contribution in [1.29, 1.82) is 0 Å². The Balaban J connectivity index is 1.35. The van der Waals surface area contributed by atoms with Gasteiger partial charge in [0.25, 0.3) is 0 Å². The fourth-order valence-electron chi connectivity index (χ4n) is 4.94. The van der Waals surface area contributed by atoms with Crippen LogP contribution < -0.4 is 0 Å². The molecule has 1 saturated carbocycles. The molecule has 2 aromatic rings. The Morgan fingerprint density at radius 1 is 1.04 bits per heavy atom. The minimum Gasteiger partial charge on any atom is -0.332 e. The quantitative estimate of drug-likeness (QED) is 0.821. The summed E-state index contributed by atoms with van der Waals surface area (Å²) in [6.45, 7) is 1.61. The SMILES string of the molecule is O=C(CC(c1ccccc1)C1CC1)N1CC(=O)N2CCc3ccccc3C2C1. The van der Waals surface area contributed by atoms with Crippen molar-refractivity contribution in [3.8, 4) is 0 Å². The van der Waals surface area contributed by atoms with Gasteiger partial charge in [0.1, 0.15) is 0 Å². The molecule has 5 rings (SSSR count). The van der Waals surface area contributed by atoms with Gasteiger partial charge in [0.05, 0.1) is 12.6 Å². The fourth-order valence-corrected chi connectivity index (χ4v) is 4.94. The van der Waals surface area contributed by atoms with E-state index in [2.05, 4.69) is 42.5 Å². The van der Waals surface area contributed by atoms with Gasteiger partial charge in [-0.2, -0.15) is 0 Å². The van der Waals surface area contributed by atoms with Crippen molar-refractivity contribution in [1.82, 2.24) is 9.80 Å². The minimum atomic E-state index is 0.00579. The molecule has 3 aliphatic rings. The van der Waals surface area contributed by atoms with Crippen LogP contribution in [0.25, 0.3) is 0 Å². The Morgan fingerprint density at radius 2 is 1.79 bits per heavy atom. The molecule has 1 saturated heterocycles. The maximum absolute atomic E-state index is 13.2. The third kappa shape index (κ3) is 3.21. The number of carbonyl (C=O) groups is 2. The van der Waals surface area contributed by atoms with E-state index < -0.39 is 0 Å². The highest BCUT2D eigenvalue weighted by Crippen LogP contribution is 2.45. The molecule has 2 fully saturated rings. The molecule has 0 bridgehead atoms. The number of amides is 2. The smallest absolute Gasteiger partial charge is 0.242 e. The molecule has 2 aliphatic heterocycles. The van der Waals surface area contributed by atoms with Crippen molar-refractivity contribution in [3.05, 3.63) is 71.3 Å². The van der Waals surface area contributed by atoms with Gasteiger partial charge in [0.15, 0.2) is 0 Å². The van der Waals surface area contributed by atoms with E-state index in [9.17, 15) is 9.59 Å². The lowest BCUT2D eigenvalue weighted by Crippen LogP contribution is -2.55. The molecule has 4 heteroatoms. The van der Waals surface area contributed by atoms with Crippen LogP contribution in [0.15, 0.2) is 54.6 Å². The Hall–Kier alpha value is -2.62. The average Bonchev–Trinajstić information content (AvgIpc) is 3.57. The van der Waals surface area contributed by atoms with E-state index in [0.29, 0.717) is 18.9 Å². The van der Waals surface area contributed by atoms with Gasteiger partial charge < -0.3 is 9.80 Å². The van der Waals surface area contributed by atoms with E-state index in [-0.39, 0.29) is 30.3 Å². The zero-order valence-electron chi connectivity index (χ0n) is 16.1. The average molecular weight is 374 g/mol. The van der Waals surface area contributed by atoms with Crippen LogP contribution in [0.1, 0.15) is 47.9 Å². The third-order valence-corrected chi connectivity index (χ3v) is 6.62. The summed E-state index contributed by atoms with van der Waals surface area (Å²) >= 11 is 0. The van der Waals surface area contributed by atoms with Crippen LogP contribution in [0.4, 0.5) is 0 Å². The predicted molar refractivity (Wildman–Crippen MR) is 108 cm³/mol. The van der Waals surface area contributed by atoms with Gasteiger partial charge in [-0.05, 0) is 47.8 Å². The monoisotopic (exact) mass is 374 g/mol. The van der Waals surface area contributed by atoms with Gasteiger partial charge in [-0.3, -0.25) is 9.59 Å². The molecular weight excluding hydrogens is 348 g/mol. The van der Waals surface area contributed by atoms with Gasteiger partial charge in [0.2, 0.25) is 11.8 Å². The number of nitrogens with zero attached hydrogens (tertiary/aromatic N) is 2. The van der Waals surface area contributed by atoms with E-state index >= 15 is 0 Å². The van der Waals surface area contributed by atoms with Crippen molar-refractivity contribution in [2.45, 2.75) is 37.6 Å². The van der Waals surface area contributed by atoms with E-state index in [1.54, 1.807) is 0 Å². The summed E-state index contributed by atoms with van der Waals surface area (Å²) in [5, 5.41) is 0. The summed E-state index contributed by atoms with van der Waals surface area (Å²) in [5.41, 5.74) is 3.78. The summed E-state index contributed by atoms with van der Waals surface area (Å²) in [7, 11) is 0. The Kier molecular flexibility index (Phi) is 4.42. The highest BCUT2D eigenvalue weighted by atomic mass is 16.2. The molecule has 144 valence electrons. The van der Waals surface area contributed by atoms with Gasteiger partial charge >= 0.3 is 0 Å². The minimum absolute atomic E-state index is 0.00579. The van der Waals surface area contributed by atoms with E-state index in [1.165, 1.54) is 29.5 Å². The zero-order valence-corrected chi connectivity index (χ0v) is 16.1. The van der Waals surface area contributed by atoms with E-state index in [4.69, 9.17) is 0 Å². The van der Waals surface area contributed by atoms with Crippen LogP contribution in [0.5, 0.6) is 0 Å². The van der Waals surface area contributed by atoms with Gasteiger partial charge in [-0.1, -0.05) is 54.6 Å². The highest BCUT2D eigenvalue weighted by Gasteiger charge is 2.40. The van der Waals surface area contributed by atoms with Crippen molar-refractivity contribution >= 4 is 11.8 Å². The van der Waals surface area contributed by atoms with Crippen molar-refractivity contribution < 1.29 is 9.59 Å². The van der Waals surface area contributed by atoms with Gasteiger partial charge in [-0.15, -0.1) is 0 Å². The summed E-state index contributed by atoms with van der Waals surface area (Å²) in [6.07, 6.45) is 3.82. The lowest BCUT2D eigenvalue weighted by molar-refractivity contribution is -0.149. The van der Waals surface area contributed by atoms with Gasteiger partial charge in [-0.25, -0.2) is 0 Å². The van der Waals surface area contributed by atoms with Crippen molar-refractivity contribution in [2.24, 2.45) is 5.92 Å². The van der Waals surface area contributed by atoms with Crippen LogP contribution in [0.3, 0.4) is 0 Å². The van der Waals surface area contributed by atoms with Crippen LogP contribution >= 0.6 is 0 Å². The topological polar surface area (TPSA) is 40.6 Å². The second kappa shape index (κ2) is 7.08. The maximum Gasteiger partial charge on any atom is 0.242 e. The first-order chi connectivity index (χ1) is 13.7. The van der Waals surface area contributed by atoms with Crippen LogP contribution in [0.2, 0.25) is 0 Å². The molecule has 2 unspecified atom stereocenters. The maximum atomic E-state index is 13.2.